The van der Waals surface area contributed by atoms with E-state index in [1.807, 2.05) is 30.3 Å². The molecule has 0 amide bonds. The molecule has 1 nitrogen and oxygen atoms in total. The molecule has 0 aliphatic heterocycles. The maximum atomic E-state index is 12.7. The maximum absolute atomic E-state index is 12.7. The van der Waals surface area contributed by atoms with E-state index in [0.29, 0.717) is 12.2 Å². The molecule has 21 heavy (non-hydrogen) atoms. The molecule has 0 spiro atoms. The summed E-state index contributed by atoms with van der Waals surface area (Å²) < 4.78 is 38.2. The first-order chi connectivity index (χ1) is 9.88. The van der Waals surface area contributed by atoms with E-state index in [1.165, 1.54) is 6.07 Å². The first-order valence-electron chi connectivity index (χ1n) is 6.53. The summed E-state index contributed by atoms with van der Waals surface area (Å²) >= 11 is 0. The van der Waals surface area contributed by atoms with Crippen molar-refractivity contribution in [2.75, 3.05) is 11.9 Å². The number of nitrogens with one attached hydrogen (secondary N) is 1. The van der Waals surface area contributed by atoms with E-state index in [1.54, 1.807) is 6.92 Å². The molecule has 0 aliphatic rings. The van der Waals surface area contributed by atoms with Crippen LogP contribution in [-0.4, -0.2) is 6.54 Å². The quantitative estimate of drug-likeness (QED) is 0.822. The molecular weight excluding hydrogens is 275 g/mol. The van der Waals surface area contributed by atoms with Gasteiger partial charge in [-0.3, -0.25) is 0 Å². The van der Waals surface area contributed by atoms with Crippen LogP contribution in [0.25, 0.3) is 5.57 Å². The molecule has 2 aromatic rings. The molecule has 2 rings (SSSR count). The smallest absolute Gasteiger partial charge is 0.381 e. The van der Waals surface area contributed by atoms with E-state index >= 15 is 0 Å². The number of rotatable bonds is 4. The Labute approximate surface area is 122 Å². The van der Waals surface area contributed by atoms with Crippen molar-refractivity contribution in [1.29, 1.82) is 0 Å². The van der Waals surface area contributed by atoms with Gasteiger partial charge in [-0.25, -0.2) is 0 Å². The molecule has 2 aromatic carbocycles. The molecule has 0 bridgehead atoms. The van der Waals surface area contributed by atoms with Crippen LogP contribution < -0.4 is 5.32 Å². The SMILES string of the molecule is C=C(CNc1cc(C(F)(F)F)ccc1C)c1ccccc1. The molecule has 0 aromatic heterocycles. The average molecular weight is 291 g/mol. The molecule has 110 valence electrons. The number of benzene rings is 2. The van der Waals surface area contributed by atoms with Gasteiger partial charge in [-0.1, -0.05) is 43.0 Å². The first-order valence-corrected chi connectivity index (χ1v) is 6.53. The predicted molar refractivity (Wildman–Crippen MR) is 80.1 cm³/mol. The Morgan fingerprint density at radius 3 is 2.38 bits per heavy atom. The Bertz CT molecular complexity index is 630. The fourth-order valence-electron chi connectivity index (χ4n) is 1.97. The summed E-state index contributed by atoms with van der Waals surface area (Å²) in [5.41, 5.74) is 2.38. The average Bonchev–Trinajstić information content (AvgIpc) is 2.45. The van der Waals surface area contributed by atoms with Gasteiger partial charge in [0.05, 0.1) is 5.56 Å². The molecule has 0 atom stereocenters. The molecule has 0 radical (unpaired) electrons. The van der Waals surface area contributed by atoms with Gasteiger partial charge in [0.1, 0.15) is 0 Å². The minimum Gasteiger partial charge on any atom is -0.381 e. The van der Waals surface area contributed by atoms with Crippen LogP contribution in [0.1, 0.15) is 16.7 Å². The predicted octanol–water partition coefficient (Wildman–Crippen LogP) is 5.14. The van der Waals surface area contributed by atoms with Crippen LogP contribution in [0, 0.1) is 6.92 Å². The van der Waals surface area contributed by atoms with Gasteiger partial charge in [0.25, 0.3) is 0 Å². The van der Waals surface area contributed by atoms with E-state index in [-0.39, 0.29) is 0 Å². The van der Waals surface area contributed by atoms with Crippen molar-refractivity contribution >= 4 is 11.3 Å². The molecule has 0 aliphatic carbocycles. The molecular formula is C17H16F3N. The van der Waals surface area contributed by atoms with Crippen LogP contribution in [0.5, 0.6) is 0 Å². The summed E-state index contributed by atoms with van der Waals surface area (Å²) in [4.78, 5) is 0. The standard InChI is InChI=1S/C17H16F3N/c1-12-8-9-15(17(18,19)20)10-16(12)21-11-13(2)14-6-4-3-5-7-14/h3-10,21H,2,11H2,1H3. The highest BCUT2D eigenvalue weighted by Gasteiger charge is 2.30. The molecule has 0 saturated carbocycles. The third kappa shape index (κ3) is 3.88. The molecule has 1 N–H and O–H groups in total. The van der Waals surface area contributed by atoms with Crippen molar-refractivity contribution in [2.45, 2.75) is 13.1 Å². The number of hydrogen-bond acceptors (Lipinski definition) is 1. The zero-order valence-corrected chi connectivity index (χ0v) is 11.7. The lowest BCUT2D eigenvalue weighted by molar-refractivity contribution is -0.137. The highest BCUT2D eigenvalue weighted by atomic mass is 19.4. The number of aryl methyl sites for hydroxylation is 1. The van der Waals surface area contributed by atoms with E-state index in [2.05, 4.69) is 11.9 Å². The maximum Gasteiger partial charge on any atom is 0.416 e. The normalized spacial score (nSPS) is 11.2. The monoisotopic (exact) mass is 291 g/mol. The van der Waals surface area contributed by atoms with Gasteiger partial charge in [0.2, 0.25) is 0 Å². The third-order valence-corrected chi connectivity index (χ3v) is 3.24. The zero-order chi connectivity index (χ0) is 15.5. The van der Waals surface area contributed by atoms with E-state index in [0.717, 1.165) is 28.8 Å². The molecule has 0 heterocycles. The van der Waals surface area contributed by atoms with Gasteiger partial charge in [-0.15, -0.1) is 0 Å². The lowest BCUT2D eigenvalue weighted by atomic mass is 10.1. The third-order valence-electron chi connectivity index (χ3n) is 3.24. The molecule has 0 fully saturated rings. The highest BCUT2D eigenvalue weighted by Crippen LogP contribution is 2.32. The lowest BCUT2D eigenvalue weighted by Crippen LogP contribution is -2.09. The van der Waals surface area contributed by atoms with Crippen LogP contribution >= 0.6 is 0 Å². The van der Waals surface area contributed by atoms with Crippen molar-refractivity contribution in [3.8, 4) is 0 Å². The fourth-order valence-corrected chi connectivity index (χ4v) is 1.97. The second-order valence-corrected chi connectivity index (χ2v) is 4.85. The minimum atomic E-state index is -4.33. The second-order valence-electron chi connectivity index (χ2n) is 4.85. The molecule has 0 saturated heterocycles. The topological polar surface area (TPSA) is 12.0 Å². The van der Waals surface area contributed by atoms with Crippen molar-refractivity contribution in [2.24, 2.45) is 0 Å². The van der Waals surface area contributed by atoms with E-state index in [4.69, 9.17) is 0 Å². The largest absolute Gasteiger partial charge is 0.416 e. The van der Waals surface area contributed by atoms with Gasteiger partial charge in [-0.05, 0) is 35.8 Å². The number of hydrogen-bond donors (Lipinski definition) is 1. The summed E-state index contributed by atoms with van der Waals surface area (Å²) in [7, 11) is 0. The van der Waals surface area contributed by atoms with E-state index < -0.39 is 11.7 Å². The van der Waals surface area contributed by atoms with Gasteiger partial charge in [0.15, 0.2) is 0 Å². The first kappa shape index (κ1) is 15.2. The lowest BCUT2D eigenvalue weighted by Gasteiger charge is -2.14. The van der Waals surface area contributed by atoms with Gasteiger partial charge < -0.3 is 5.32 Å². The van der Waals surface area contributed by atoms with Crippen LogP contribution in [-0.2, 0) is 6.18 Å². The van der Waals surface area contributed by atoms with Crippen LogP contribution in [0.4, 0.5) is 18.9 Å². The van der Waals surface area contributed by atoms with Gasteiger partial charge >= 0.3 is 6.18 Å². The Kier molecular flexibility index (Phi) is 4.36. The number of halogens is 3. The van der Waals surface area contributed by atoms with Crippen LogP contribution in [0.3, 0.4) is 0 Å². The van der Waals surface area contributed by atoms with Crippen molar-refractivity contribution in [3.05, 3.63) is 71.8 Å². The molecule has 0 unspecified atom stereocenters. The summed E-state index contributed by atoms with van der Waals surface area (Å²) in [6.07, 6.45) is -4.33. The summed E-state index contributed by atoms with van der Waals surface area (Å²) in [6, 6.07) is 13.2. The van der Waals surface area contributed by atoms with Gasteiger partial charge in [-0.2, -0.15) is 13.2 Å². The van der Waals surface area contributed by atoms with Gasteiger partial charge in [0, 0.05) is 12.2 Å². The highest BCUT2D eigenvalue weighted by molar-refractivity contribution is 5.68. The fraction of sp³-hybridized carbons (Fsp3) is 0.176. The summed E-state index contributed by atoms with van der Waals surface area (Å²) in [5, 5.41) is 3.02. The Hall–Kier alpha value is -2.23. The summed E-state index contributed by atoms with van der Waals surface area (Å²) in [5.74, 6) is 0. The molecule has 4 heteroatoms. The Morgan fingerprint density at radius 2 is 1.76 bits per heavy atom. The second kappa shape index (κ2) is 6.04. The van der Waals surface area contributed by atoms with Crippen molar-refractivity contribution < 1.29 is 13.2 Å². The zero-order valence-electron chi connectivity index (χ0n) is 11.7. The van der Waals surface area contributed by atoms with E-state index in [9.17, 15) is 13.2 Å². The summed E-state index contributed by atoms with van der Waals surface area (Å²) in [6.45, 7) is 6.12. The number of alkyl halides is 3. The Morgan fingerprint density at radius 1 is 1.10 bits per heavy atom. The number of anilines is 1. The van der Waals surface area contributed by atoms with Crippen molar-refractivity contribution in [3.63, 3.8) is 0 Å². The van der Waals surface area contributed by atoms with Crippen LogP contribution in [0.15, 0.2) is 55.1 Å². The van der Waals surface area contributed by atoms with Crippen molar-refractivity contribution in [1.82, 2.24) is 0 Å². The Balaban J connectivity index is 2.11. The minimum absolute atomic E-state index is 0.395. The van der Waals surface area contributed by atoms with Crippen LogP contribution in [0.2, 0.25) is 0 Å².